The third kappa shape index (κ3) is 2.75. The summed E-state index contributed by atoms with van der Waals surface area (Å²) in [6.45, 7) is 7.82. The van der Waals surface area contributed by atoms with E-state index < -0.39 is 0 Å². The summed E-state index contributed by atoms with van der Waals surface area (Å²) in [4.78, 5) is 11.3. The summed E-state index contributed by atoms with van der Waals surface area (Å²) in [5.74, 6) is 1.26. The minimum absolute atomic E-state index is 0.226. The van der Waals surface area contributed by atoms with Gasteiger partial charge in [0.15, 0.2) is 0 Å². The molecule has 5 heteroatoms. The molecule has 1 aromatic rings. The predicted molar refractivity (Wildman–Crippen MR) is 73.2 cm³/mol. The van der Waals surface area contributed by atoms with Crippen LogP contribution in [0, 0.1) is 6.92 Å². The van der Waals surface area contributed by atoms with Crippen LogP contribution in [0.15, 0.2) is 6.20 Å². The van der Waals surface area contributed by atoms with E-state index in [-0.39, 0.29) is 6.10 Å². The molecule has 0 bridgehead atoms. The Bertz CT molecular complexity index is 413. The Morgan fingerprint density at radius 1 is 1.56 bits per heavy atom. The van der Waals surface area contributed by atoms with E-state index in [0.717, 1.165) is 36.8 Å². The molecule has 0 spiro atoms. The van der Waals surface area contributed by atoms with Crippen molar-refractivity contribution in [2.75, 3.05) is 18.1 Å². The zero-order valence-electron chi connectivity index (χ0n) is 11.2. The van der Waals surface area contributed by atoms with Gasteiger partial charge >= 0.3 is 0 Å². The molecular weight excluding hydrogens is 250 g/mol. The van der Waals surface area contributed by atoms with Crippen molar-refractivity contribution >= 4 is 17.5 Å². The molecule has 1 aliphatic heterocycles. The second-order valence-electron chi connectivity index (χ2n) is 4.77. The average Bonchev–Trinajstić information content (AvgIpc) is 2.38. The molecule has 0 aromatic carbocycles. The Morgan fingerprint density at radius 2 is 2.33 bits per heavy atom. The molecule has 0 N–H and O–H groups in total. The second kappa shape index (κ2) is 5.85. The predicted octanol–water partition coefficient (Wildman–Crippen LogP) is 2.53. The highest BCUT2D eigenvalue weighted by Gasteiger charge is 2.27. The number of halogens is 1. The van der Waals surface area contributed by atoms with Crippen molar-refractivity contribution in [3.05, 3.63) is 17.5 Å². The Morgan fingerprint density at radius 3 is 2.94 bits per heavy atom. The lowest BCUT2D eigenvalue weighted by Crippen LogP contribution is -2.49. The van der Waals surface area contributed by atoms with E-state index in [1.54, 1.807) is 0 Å². The standard InChI is InChI=1S/C13H20ClN3O/c1-4-12-8-18-9(2)7-17(12)13-15-6-11(5-14)10(3)16-13/h6,9,12H,4-5,7-8H2,1-3H3. The molecule has 1 aliphatic rings. The molecule has 18 heavy (non-hydrogen) atoms. The van der Waals surface area contributed by atoms with Gasteiger partial charge in [-0.3, -0.25) is 0 Å². The summed E-state index contributed by atoms with van der Waals surface area (Å²) in [6.07, 6.45) is 3.09. The number of aromatic nitrogens is 2. The van der Waals surface area contributed by atoms with Gasteiger partial charge in [-0.25, -0.2) is 9.97 Å². The van der Waals surface area contributed by atoms with E-state index in [0.29, 0.717) is 11.9 Å². The Labute approximate surface area is 113 Å². The molecule has 0 saturated carbocycles. The van der Waals surface area contributed by atoms with Gasteiger partial charge in [0.25, 0.3) is 0 Å². The van der Waals surface area contributed by atoms with Crippen LogP contribution in [0.2, 0.25) is 0 Å². The number of rotatable bonds is 3. The van der Waals surface area contributed by atoms with Crippen LogP contribution >= 0.6 is 11.6 Å². The summed E-state index contributed by atoms with van der Waals surface area (Å²) in [5, 5.41) is 0. The van der Waals surface area contributed by atoms with Crippen LogP contribution in [0.5, 0.6) is 0 Å². The van der Waals surface area contributed by atoms with Gasteiger partial charge in [-0.05, 0) is 20.3 Å². The maximum atomic E-state index is 5.84. The van der Waals surface area contributed by atoms with E-state index >= 15 is 0 Å². The Kier molecular flexibility index (Phi) is 4.40. The molecule has 1 aromatic heterocycles. The first-order valence-corrected chi connectivity index (χ1v) is 6.95. The maximum absolute atomic E-state index is 5.84. The Balaban J connectivity index is 2.25. The van der Waals surface area contributed by atoms with Crippen molar-refractivity contribution in [1.82, 2.24) is 9.97 Å². The monoisotopic (exact) mass is 269 g/mol. The molecule has 2 atom stereocenters. The molecule has 1 fully saturated rings. The minimum atomic E-state index is 0.226. The van der Waals surface area contributed by atoms with Crippen LogP contribution < -0.4 is 4.90 Å². The van der Waals surface area contributed by atoms with Gasteiger partial charge in [0.2, 0.25) is 5.95 Å². The van der Waals surface area contributed by atoms with Crippen molar-refractivity contribution in [3.63, 3.8) is 0 Å². The minimum Gasteiger partial charge on any atom is -0.375 e. The molecule has 2 rings (SSSR count). The first-order valence-electron chi connectivity index (χ1n) is 6.42. The van der Waals surface area contributed by atoms with Crippen molar-refractivity contribution in [3.8, 4) is 0 Å². The lowest BCUT2D eigenvalue weighted by Gasteiger charge is -2.38. The molecule has 2 unspecified atom stereocenters. The van der Waals surface area contributed by atoms with Crippen LogP contribution in [0.3, 0.4) is 0 Å². The van der Waals surface area contributed by atoms with Gasteiger partial charge < -0.3 is 9.64 Å². The van der Waals surface area contributed by atoms with Crippen molar-refractivity contribution < 1.29 is 4.74 Å². The molecule has 0 amide bonds. The summed E-state index contributed by atoms with van der Waals surface area (Å²) < 4.78 is 5.69. The Hall–Kier alpha value is -0.870. The van der Waals surface area contributed by atoms with Gasteiger partial charge in [0.1, 0.15) is 0 Å². The van der Waals surface area contributed by atoms with Crippen LogP contribution in [-0.4, -0.2) is 35.3 Å². The fourth-order valence-electron chi connectivity index (χ4n) is 2.18. The van der Waals surface area contributed by atoms with Gasteiger partial charge in [-0.1, -0.05) is 6.92 Å². The normalized spacial score (nSPS) is 24.3. The summed E-state index contributed by atoms with van der Waals surface area (Å²) in [6, 6.07) is 0.363. The van der Waals surface area contributed by atoms with Crippen LogP contribution in [-0.2, 0) is 10.6 Å². The number of ether oxygens (including phenoxy) is 1. The number of nitrogens with zero attached hydrogens (tertiary/aromatic N) is 3. The topological polar surface area (TPSA) is 38.2 Å². The molecule has 0 radical (unpaired) electrons. The highest BCUT2D eigenvalue weighted by Crippen LogP contribution is 2.21. The third-order valence-electron chi connectivity index (χ3n) is 3.41. The molecule has 0 aliphatic carbocycles. The first kappa shape index (κ1) is 13.6. The van der Waals surface area contributed by atoms with Gasteiger partial charge in [0, 0.05) is 24.0 Å². The smallest absolute Gasteiger partial charge is 0.225 e. The number of morpholine rings is 1. The van der Waals surface area contributed by atoms with Crippen molar-refractivity contribution in [1.29, 1.82) is 0 Å². The first-order chi connectivity index (χ1) is 8.65. The zero-order chi connectivity index (χ0) is 13.1. The molecule has 4 nitrogen and oxygen atoms in total. The lowest BCUT2D eigenvalue weighted by atomic mass is 10.1. The molecule has 100 valence electrons. The quantitative estimate of drug-likeness (QED) is 0.791. The van der Waals surface area contributed by atoms with E-state index in [2.05, 4.69) is 28.7 Å². The van der Waals surface area contributed by atoms with Gasteiger partial charge in [-0.2, -0.15) is 0 Å². The largest absolute Gasteiger partial charge is 0.375 e. The fourth-order valence-corrected chi connectivity index (χ4v) is 2.44. The number of aryl methyl sites for hydroxylation is 1. The molecular formula is C13H20ClN3O. The van der Waals surface area contributed by atoms with Crippen LogP contribution in [0.1, 0.15) is 31.5 Å². The van der Waals surface area contributed by atoms with Crippen LogP contribution in [0.4, 0.5) is 5.95 Å². The summed E-state index contributed by atoms with van der Waals surface area (Å²) in [5.41, 5.74) is 1.96. The van der Waals surface area contributed by atoms with E-state index in [1.807, 2.05) is 13.1 Å². The van der Waals surface area contributed by atoms with E-state index in [4.69, 9.17) is 16.3 Å². The lowest BCUT2D eigenvalue weighted by molar-refractivity contribution is 0.0292. The van der Waals surface area contributed by atoms with Crippen molar-refractivity contribution in [2.24, 2.45) is 0 Å². The van der Waals surface area contributed by atoms with Crippen molar-refractivity contribution in [2.45, 2.75) is 45.2 Å². The SMILES string of the molecule is CCC1COC(C)CN1c1ncc(CCl)c(C)n1. The zero-order valence-corrected chi connectivity index (χ0v) is 11.9. The maximum Gasteiger partial charge on any atom is 0.225 e. The van der Waals surface area contributed by atoms with Crippen LogP contribution in [0.25, 0.3) is 0 Å². The number of alkyl halides is 1. The second-order valence-corrected chi connectivity index (χ2v) is 5.04. The fraction of sp³-hybridized carbons (Fsp3) is 0.692. The highest BCUT2D eigenvalue weighted by molar-refractivity contribution is 6.17. The number of anilines is 1. The average molecular weight is 270 g/mol. The van der Waals surface area contributed by atoms with Gasteiger partial charge in [-0.15, -0.1) is 11.6 Å². The third-order valence-corrected chi connectivity index (χ3v) is 3.70. The highest BCUT2D eigenvalue weighted by atomic mass is 35.5. The summed E-state index contributed by atoms with van der Waals surface area (Å²) >= 11 is 5.84. The van der Waals surface area contributed by atoms with Gasteiger partial charge in [0.05, 0.1) is 24.6 Å². The number of hydrogen-bond acceptors (Lipinski definition) is 4. The number of hydrogen-bond donors (Lipinski definition) is 0. The van der Waals surface area contributed by atoms with E-state index in [9.17, 15) is 0 Å². The summed E-state index contributed by atoms with van der Waals surface area (Å²) in [7, 11) is 0. The molecule has 2 heterocycles. The molecule has 1 saturated heterocycles. The van der Waals surface area contributed by atoms with E-state index in [1.165, 1.54) is 0 Å².